The maximum atomic E-state index is 13.4. The van der Waals surface area contributed by atoms with Crippen molar-refractivity contribution < 1.29 is 9.59 Å². The maximum absolute atomic E-state index is 13.4. The van der Waals surface area contributed by atoms with Crippen molar-refractivity contribution in [3.05, 3.63) is 0 Å². The van der Waals surface area contributed by atoms with Gasteiger partial charge in [-0.15, -0.1) is 0 Å². The molecule has 0 unspecified atom stereocenters. The monoisotopic (exact) mass is 358 g/mol. The summed E-state index contributed by atoms with van der Waals surface area (Å²) in [7, 11) is 0. The van der Waals surface area contributed by atoms with E-state index in [0.29, 0.717) is 17.7 Å². The van der Waals surface area contributed by atoms with Crippen LogP contribution in [-0.2, 0) is 9.59 Å². The number of hydrogen-bond acceptors (Lipinski definition) is 2. The second kappa shape index (κ2) is 6.53. The molecule has 144 valence electrons. The molecule has 1 aliphatic heterocycles. The standard InChI is InChI=1S/C22H34N2O2/c25-20(12-16-3-1-2-4-16)23-5-7-24(8-6-23)21(26)22-13-17-9-18(14-22)11-19(10-17)15-22/h16-19H,1-15H2. The molecule has 2 amide bonds. The minimum absolute atomic E-state index is 0.0230. The van der Waals surface area contributed by atoms with Gasteiger partial charge in [-0.25, -0.2) is 0 Å². The normalized spacial score (nSPS) is 39.6. The Balaban J connectivity index is 1.18. The highest BCUT2D eigenvalue weighted by molar-refractivity contribution is 5.84. The molecule has 1 heterocycles. The van der Waals surface area contributed by atoms with Crippen molar-refractivity contribution in [1.82, 2.24) is 9.80 Å². The maximum Gasteiger partial charge on any atom is 0.228 e. The quantitative estimate of drug-likeness (QED) is 0.775. The minimum Gasteiger partial charge on any atom is -0.339 e. The van der Waals surface area contributed by atoms with E-state index in [4.69, 9.17) is 0 Å². The molecule has 6 aliphatic rings. The molecule has 0 aromatic heterocycles. The molecule has 0 N–H and O–H groups in total. The molecular weight excluding hydrogens is 324 g/mol. The van der Waals surface area contributed by atoms with Gasteiger partial charge in [-0.05, 0) is 75.0 Å². The Labute approximate surface area is 157 Å². The lowest BCUT2D eigenvalue weighted by atomic mass is 9.49. The molecule has 4 bridgehead atoms. The van der Waals surface area contributed by atoms with Crippen LogP contribution >= 0.6 is 0 Å². The van der Waals surface area contributed by atoms with Gasteiger partial charge >= 0.3 is 0 Å². The summed E-state index contributed by atoms with van der Waals surface area (Å²) in [6.45, 7) is 3.03. The Morgan fingerprint density at radius 3 is 1.81 bits per heavy atom. The molecule has 4 nitrogen and oxygen atoms in total. The summed E-state index contributed by atoms with van der Waals surface area (Å²) < 4.78 is 0. The summed E-state index contributed by atoms with van der Waals surface area (Å²) in [4.78, 5) is 30.2. The molecule has 6 fully saturated rings. The second-order valence-electron chi connectivity index (χ2n) is 10.2. The van der Waals surface area contributed by atoms with Crippen LogP contribution in [0.2, 0.25) is 0 Å². The van der Waals surface area contributed by atoms with Gasteiger partial charge in [-0.2, -0.15) is 0 Å². The predicted octanol–water partition coefficient (Wildman–Crippen LogP) is 3.45. The van der Waals surface area contributed by atoms with Crippen LogP contribution in [0.15, 0.2) is 0 Å². The zero-order valence-corrected chi connectivity index (χ0v) is 16.1. The number of nitrogens with zero attached hydrogens (tertiary/aromatic N) is 2. The first-order valence-electron chi connectivity index (χ1n) is 11.2. The van der Waals surface area contributed by atoms with E-state index in [1.54, 1.807) is 0 Å². The third-order valence-electron chi connectivity index (χ3n) is 8.35. The van der Waals surface area contributed by atoms with E-state index in [1.165, 1.54) is 44.9 Å². The van der Waals surface area contributed by atoms with E-state index in [9.17, 15) is 9.59 Å². The van der Waals surface area contributed by atoms with Gasteiger partial charge in [0.25, 0.3) is 0 Å². The van der Waals surface area contributed by atoms with E-state index in [0.717, 1.165) is 69.6 Å². The first kappa shape index (κ1) is 17.1. The summed E-state index contributed by atoms with van der Waals surface area (Å²) in [5.41, 5.74) is -0.0230. The molecular formula is C22H34N2O2. The number of carbonyl (C=O) groups excluding carboxylic acids is 2. The molecule has 0 radical (unpaired) electrons. The topological polar surface area (TPSA) is 40.6 Å². The Hall–Kier alpha value is -1.06. The third kappa shape index (κ3) is 2.97. The number of carbonyl (C=O) groups is 2. The zero-order valence-electron chi connectivity index (χ0n) is 16.1. The number of hydrogen-bond donors (Lipinski definition) is 0. The van der Waals surface area contributed by atoms with Crippen molar-refractivity contribution in [3.8, 4) is 0 Å². The van der Waals surface area contributed by atoms with Crippen molar-refractivity contribution in [1.29, 1.82) is 0 Å². The van der Waals surface area contributed by atoms with Crippen LogP contribution < -0.4 is 0 Å². The molecule has 5 saturated carbocycles. The van der Waals surface area contributed by atoms with Crippen molar-refractivity contribution in [2.24, 2.45) is 29.1 Å². The van der Waals surface area contributed by atoms with Gasteiger partial charge in [0.2, 0.25) is 11.8 Å². The van der Waals surface area contributed by atoms with Gasteiger partial charge < -0.3 is 9.80 Å². The zero-order chi connectivity index (χ0) is 17.7. The summed E-state index contributed by atoms with van der Waals surface area (Å²) in [6.07, 6.45) is 13.4. The van der Waals surface area contributed by atoms with Crippen LogP contribution in [0.25, 0.3) is 0 Å². The van der Waals surface area contributed by atoms with Gasteiger partial charge in [0, 0.05) is 32.6 Å². The second-order valence-corrected chi connectivity index (χ2v) is 10.2. The lowest BCUT2D eigenvalue weighted by molar-refractivity contribution is -0.160. The summed E-state index contributed by atoms with van der Waals surface area (Å²) in [5.74, 6) is 3.85. The fourth-order valence-electron chi connectivity index (χ4n) is 7.46. The van der Waals surface area contributed by atoms with Crippen LogP contribution in [-0.4, -0.2) is 47.8 Å². The van der Waals surface area contributed by atoms with E-state index in [1.807, 2.05) is 4.90 Å². The fraction of sp³-hybridized carbons (Fsp3) is 0.909. The average Bonchev–Trinajstić information content (AvgIpc) is 3.13. The molecule has 0 atom stereocenters. The van der Waals surface area contributed by atoms with Gasteiger partial charge in [-0.1, -0.05) is 12.8 Å². The summed E-state index contributed by atoms with van der Waals surface area (Å²) in [6, 6.07) is 0. The van der Waals surface area contributed by atoms with E-state index < -0.39 is 0 Å². The van der Waals surface area contributed by atoms with Gasteiger partial charge in [0.15, 0.2) is 0 Å². The number of amides is 2. The molecule has 0 spiro atoms. The molecule has 1 saturated heterocycles. The Morgan fingerprint density at radius 2 is 1.27 bits per heavy atom. The van der Waals surface area contributed by atoms with Crippen LogP contribution in [0.4, 0.5) is 0 Å². The molecule has 0 aromatic carbocycles. The Morgan fingerprint density at radius 1 is 0.769 bits per heavy atom. The van der Waals surface area contributed by atoms with Gasteiger partial charge in [-0.3, -0.25) is 9.59 Å². The number of rotatable bonds is 3. The van der Waals surface area contributed by atoms with Crippen molar-refractivity contribution >= 4 is 11.8 Å². The molecule has 6 rings (SSSR count). The summed E-state index contributed by atoms with van der Waals surface area (Å²) >= 11 is 0. The van der Waals surface area contributed by atoms with Crippen LogP contribution in [0, 0.1) is 29.1 Å². The molecule has 5 aliphatic carbocycles. The van der Waals surface area contributed by atoms with Crippen LogP contribution in [0.3, 0.4) is 0 Å². The minimum atomic E-state index is -0.0230. The van der Waals surface area contributed by atoms with E-state index in [-0.39, 0.29) is 5.41 Å². The summed E-state index contributed by atoms with van der Waals surface area (Å²) in [5, 5.41) is 0. The Kier molecular flexibility index (Phi) is 4.28. The van der Waals surface area contributed by atoms with Crippen molar-refractivity contribution in [2.45, 2.75) is 70.6 Å². The fourth-order valence-corrected chi connectivity index (χ4v) is 7.46. The van der Waals surface area contributed by atoms with Gasteiger partial charge in [0.1, 0.15) is 0 Å². The van der Waals surface area contributed by atoms with Gasteiger partial charge in [0.05, 0.1) is 5.41 Å². The predicted molar refractivity (Wildman–Crippen MR) is 100 cm³/mol. The first-order valence-corrected chi connectivity index (χ1v) is 11.2. The molecule has 4 heteroatoms. The highest BCUT2D eigenvalue weighted by atomic mass is 16.2. The highest BCUT2D eigenvalue weighted by Crippen LogP contribution is 2.60. The average molecular weight is 359 g/mol. The molecule has 26 heavy (non-hydrogen) atoms. The van der Waals surface area contributed by atoms with E-state index >= 15 is 0 Å². The lowest BCUT2D eigenvalue weighted by Gasteiger charge is -2.57. The largest absolute Gasteiger partial charge is 0.339 e. The molecule has 0 aromatic rings. The number of piperazine rings is 1. The van der Waals surface area contributed by atoms with Crippen LogP contribution in [0.1, 0.15) is 70.6 Å². The van der Waals surface area contributed by atoms with Crippen LogP contribution in [0.5, 0.6) is 0 Å². The SMILES string of the molecule is O=C(CC1CCCC1)N1CCN(C(=O)C23CC4CC(CC(C4)C2)C3)CC1. The smallest absolute Gasteiger partial charge is 0.228 e. The van der Waals surface area contributed by atoms with Crippen molar-refractivity contribution in [3.63, 3.8) is 0 Å². The third-order valence-corrected chi connectivity index (χ3v) is 8.35. The highest BCUT2D eigenvalue weighted by Gasteiger charge is 2.55. The first-order chi connectivity index (χ1) is 12.6. The van der Waals surface area contributed by atoms with Crippen molar-refractivity contribution in [2.75, 3.05) is 26.2 Å². The lowest BCUT2D eigenvalue weighted by Crippen LogP contribution is -2.58. The van der Waals surface area contributed by atoms with E-state index in [2.05, 4.69) is 4.90 Å². The Bertz CT molecular complexity index is 537.